The van der Waals surface area contributed by atoms with E-state index in [9.17, 15) is 0 Å². The molecule has 0 fully saturated rings. The van der Waals surface area contributed by atoms with Gasteiger partial charge < -0.3 is 9.30 Å². The minimum atomic E-state index is 0. The summed E-state index contributed by atoms with van der Waals surface area (Å²) < 4.78 is 8.42. The van der Waals surface area contributed by atoms with Crippen molar-refractivity contribution in [2.24, 2.45) is 0 Å². The molecule has 7 heteroatoms. The number of hydrogen-bond acceptors (Lipinski definition) is 4. The van der Waals surface area contributed by atoms with Crippen LogP contribution in [0.1, 0.15) is 5.56 Å². The summed E-state index contributed by atoms with van der Waals surface area (Å²) >= 11 is 0. The molecule has 0 radical (unpaired) electrons. The molecule has 0 atom stereocenters. The molecule has 1 aliphatic heterocycles. The fourth-order valence-corrected chi connectivity index (χ4v) is 4.88. The molecule has 190 valence electrons. The van der Waals surface area contributed by atoms with Gasteiger partial charge in [0.05, 0.1) is 7.05 Å². The van der Waals surface area contributed by atoms with E-state index in [1.54, 1.807) is 0 Å². The molecule has 0 unspecified atom stereocenters. The van der Waals surface area contributed by atoms with Crippen LogP contribution >= 0.6 is 0 Å². The zero-order chi connectivity index (χ0) is 24.9. The standard InChI is InChI=1S/C31H22N4O2.Pt/c1-21-16-17-32-31(18-21)34-27-11-4-3-10-25(27)26-15-14-24(20-30(26)34)36-23-9-7-8-22(19-23)35-29-13-6-5-12-28(29)33(2)37-35;/h3-18H,1-2H3;/q-2;/p+1. The molecule has 6 aromatic rings. The van der Waals surface area contributed by atoms with Gasteiger partial charge in [-0.3, -0.25) is 0 Å². The molecule has 7 rings (SSSR count). The van der Waals surface area contributed by atoms with Crippen molar-refractivity contribution in [2.75, 3.05) is 17.2 Å². The van der Waals surface area contributed by atoms with Crippen LogP contribution in [0.3, 0.4) is 0 Å². The van der Waals surface area contributed by atoms with E-state index in [1.165, 1.54) is 0 Å². The van der Waals surface area contributed by atoms with E-state index in [4.69, 9.17) is 4.74 Å². The Balaban J connectivity index is 0.00000264. The van der Waals surface area contributed by atoms with Gasteiger partial charge in [-0.05, 0) is 48.2 Å². The van der Waals surface area contributed by atoms with Crippen molar-refractivity contribution < 1.29 is 30.7 Å². The van der Waals surface area contributed by atoms with Crippen LogP contribution in [-0.2, 0) is 21.1 Å². The maximum absolute atomic E-state index is 6.29. The second kappa shape index (κ2) is 9.64. The van der Waals surface area contributed by atoms with Crippen LogP contribution in [0.5, 0.6) is 11.5 Å². The van der Waals surface area contributed by atoms with Crippen molar-refractivity contribution in [1.29, 1.82) is 0 Å². The molecule has 4 aromatic carbocycles. The Morgan fingerprint density at radius 3 is 2.45 bits per heavy atom. The Hall–Kier alpha value is -4.12. The Kier molecular flexibility index (Phi) is 6.15. The molecule has 0 aliphatic carbocycles. The van der Waals surface area contributed by atoms with E-state index in [0.29, 0.717) is 11.5 Å². The topological polar surface area (TPSA) is 46.3 Å². The van der Waals surface area contributed by atoms with Gasteiger partial charge in [0, 0.05) is 50.0 Å². The molecule has 3 heterocycles. The van der Waals surface area contributed by atoms with Crippen molar-refractivity contribution in [3.8, 4) is 17.3 Å². The summed E-state index contributed by atoms with van der Waals surface area (Å²) in [6, 6.07) is 37.2. The number of benzene rings is 4. The maximum atomic E-state index is 6.29. The van der Waals surface area contributed by atoms with E-state index < -0.39 is 0 Å². The van der Waals surface area contributed by atoms with Gasteiger partial charge in [0.25, 0.3) is 0 Å². The summed E-state index contributed by atoms with van der Waals surface area (Å²) in [4.78, 5) is 9.31. The fraction of sp³-hybridized carbons (Fsp3) is 0.0645. The predicted molar refractivity (Wildman–Crippen MR) is 146 cm³/mol. The Labute approximate surface area is 234 Å². The molecule has 0 saturated carbocycles. The number of nitrogens with zero attached hydrogens (tertiary/aromatic N) is 4. The second-order valence-electron chi connectivity index (χ2n) is 9.04. The van der Waals surface area contributed by atoms with Gasteiger partial charge in [-0.25, -0.2) is 4.98 Å². The van der Waals surface area contributed by atoms with E-state index in [1.807, 2.05) is 84.0 Å². The van der Waals surface area contributed by atoms with Crippen LogP contribution in [0.15, 0.2) is 97.2 Å². The zero-order valence-corrected chi connectivity index (χ0v) is 23.0. The molecule has 0 amide bonds. The first-order valence-corrected chi connectivity index (χ1v) is 12.1. The van der Waals surface area contributed by atoms with E-state index >= 15 is 0 Å². The smallest absolute Gasteiger partial charge is 0.145 e. The number of pyridine rings is 1. The third-order valence-corrected chi connectivity index (χ3v) is 6.57. The fourth-order valence-electron chi connectivity index (χ4n) is 4.88. The largest absolute Gasteiger partial charge is 0.509 e. The number of aryl methyl sites for hydroxylation is 1. The van der Waals surface area contributed by atoms with Crippen molar-refractivity contribution >= 4 is 38.9 Å². The molecule has 1 N–H and O–H groups in total. The van der Waals surface area contributed by atoms with Gasteiger partial charge in [-0.2, -0.15) is 17.1 Å². The maximum Gasteiger partial charge on any atom is 0.145 e. The molecule has 2 aromatic heterocycles. The van der Waals surface area contributed by atoms with Gasteiger partial charge in [-0.15, -0.1) is 45.8 Å². The van der Waals surface area contributed by atoms with Gasteiger partial charge >= 0.3 is 0 Å². The number of hydroxylamine groups is 1. The first-order chi connectivity index (χ1) is 18.2. The van der Waals surface area contributed by atoms with Crippen LogP contribution in [0, 0.1) is 19.1 Å². The zero-order valence-electron chi connectivity index (χ0n) is 20.7. The summed E-state index contributed by atoms with van der Waals surface area (Å²) in [6.45, 7) is 2.07. The molecule has 0 spiro atoms. The number of aromatic nitrogens is 2. The molecule has 0 bridgehead atoms. The first-order valence-electron chi connectivity index (χ1n) is 12.1. The summed E-state index contributed by atoms with van der Waals surface area (Å²) in [5.74, 6) is 2.05. The molecule has 1 aliphatic rings. The number of ether oxygens (including phenoxy) is 1. The van der Waals surface area contributed by atoms with Crippen molar-refractivity contribution in [3.63, 3.8) is 0 Å². The van der Waals surface area contributed by atoms with Crippen molar-refractivity contribution in [1.82, 2.24) is 9.55 Å². The third kappa shape index (κ3) is 4.03. The van der Waals surface area contributed by atoms with Crippen LogP contribution in [0.25, 0.3) is 27.6 Å². The minimum absolute atomic E-state index is 0. The summed E-state index contributed by atoms with van der Waals surface area (Å²) in [6.07, 6.45) is 1.84. The molecular formula is C31H23N4O2Pt-. The Morgan fingerprint density at radius 1 is 0.789 bits per heavy atom. The van der Waals surface area contributed by atoms with Crippen LogP contribution in [0.4, 0.5) is 17.1 Å². The average molecular weight is 679 g/mol. The quantitative estimate of drug-likeness (QED) is 0.145. The van der Waals surface area contributed by atoms with Gasteiger partial charge in [0.2, 0.25) is 0 Å². The van der Waals surface area contributed by atoms with E-state index in [-0.39, 0.29) is 21.1 Å². The van der Waals surface area contributed by atoms with E-state index in [0.717, 1.165) is 50.2 Å². The summed E-state index contributed by atoms with van der Waals surface area (Å²) in [5, 5.41) is 5.97. The molecule has 38 heavy (non-hydrogen) atoms. The summed E-state index contributed by atoms with van der Waals surface area (Å²) in [7, 11) is 1.94. The number of rotatable bonds is 4. The summed E-state index contributed by atoms with van der Waals surface area (Å²) in [5.41, 5.74) is 5.98. The number of anilines is 3. The SMILES string of the molecule is Cc1ccnc(-n2c3[c-]c(Oc4[c-]c(N5[OH+]N(C)c6ccccc65)ccc4)ccc3c3ccccc32)c1.[Pt]. The number of hydrogen-bond donors (Lipinski definition) is 0. The minimum Gasteiger partial charge on any atom is -0.509 e. The molecular weight excluding hydrogens is 655 g/mol. The average Bonchev–Trinajstić information content (AvgIpc) is 3.43. The van der Waals surface area contributed by atoms with Crippen LogP contribution < -0.4 is 14.9 Å². The first kappa shape index (κ1) is 24.2. The Morgan fingerprint density at radius 2 is 1.58 bits per heavy atom. The van der Waals surface area contributed by atoms with Crippen LogP contribution in [0.2, 0.25) is 0 Å². The van der Waals surface area contributed by atoms with Crippen LogP contribution in [-0.4, -0.2) is 21.5 Å². The Bertz CT molecular complexity index is 1800. The van der Waals surface area contributed by atoms with E-state index in [2.05, 4.69) is 63.9 Å². The number of para-hydroxylation sites is 3. The monoisotopic (exact) mass is 678 g/mol. The molecule has 6 nitrogen and oxygen atoms in total. The van der Waals surface area contributed by atoms with Gasteiger partial charge in [-0.1, -0.05) is 35.8 Å². The van der Waals surface area contributed by atoms with Crippen molar-refractivity contribution in [3.05, 3.63) is 115 Å². The normalized spacial score (nSPS) is 12.6. The van der Waals surface area contributed by atoms with Gasteiger partial charge in [0.15, 0.2) is 0 Å². The van der Waals surface area contributed by atoms with Crippen molar-refractivity contribution in [2.45, 2.75) is 6.92 Å². The van der Waals surface area contributed by atoms with Gasteiger partial charge in [0.1, 0.15) is 17.2 Å². The third-order valence-electron chi connectivity index (χ3n) is 6.57. The predicted octanol–water partition coefficient (Wildman–Crippen LogP) is 7.31. The number of fused-ring (bicyclic) bond motifs is 4. The molecule has 0 saturated heterocycles. The second-order valence-corrected chi connectivity index (χ2v) is 9.04.